The summed E-state index contributed by atoms with van der Waals surface area (Å²) in [4.78, 5) is 12.3. The molecule has 0 aliphatic heterocycles. The molecule has 0 bridgehead atoms. The summed E-state index contributed by atoms with van der Waals surface area (Å²) < 4.78 is 3.66. The van der Waals surface area contributed by atoms with Gasteiger partial charge in [-0.05, 0) is 17.7 Å². The van der Waals surface area contributed by atoms with Gasteiger partial charge in [0.25, 0.3) is 0 Å². The smallest absolute Gasteiger partial charge is 0.230 e. The Hall–Kier alpha value is -3.36. The van der Waals surface area contributed by atoms with Gasteiger partial charge in [-0.2, -0.15) is 5.10 Å². The van der Waals surface area contributed by atoms with E-state index in [2.05, 4.69) is 20.6 Å². The predicted molar refractivity (Wildman–Crippen MR) is 121 cm³/mol. The average molecular weight is 449 g/mol. The first-order valence-electron chi connectivity index (χ1n) is 9.60. The van der Waals surface area contributed by atoms with Crippen LogP contribution in [0, 0.1) is 0 Å². The minimum Gasteiger partial charge on any atom is -0.351 e. The van der Waals surface area contributed by atoms with Gasteiger partial charge in [0, 0.05) is 29.5 Å². The normalized spacial score (nSPS) is 11.3. The van der Waals surface area contributed by atoms with Crippen LogP contribution in [0.4, 0.5) is 0 Å². The SMILES string of the molecule is O=C(CSc1nnc2c3cc(-c4ccccc4)nn3ccn12)NCc1ccccc1Cl. The third-order valence-corrected chi connectivity index (χ3v) is 6.13. The molecule has 3 heterocycles. The van der Waals surface area contributed by atoms with E-state index >= 15 is 0 Å². The van der Waals surface area contributed by atoms with Gasteiger partial charge >= 0.3 is 0 Å². The number of fused-ring (bicyclic) bond motifs is 3. The summed E-state index contributed by atoms with van der Waals surface area (Å²) in [6.45, 7) is 0.387. The number of amides is 1. The molecule has 5 rings (SSSR count). The fourth-order valence-corrected chi connectivity index (χ4v) is 4.21. The quantitative estimate of drug-likeness (QED) is 0.396. The Morgan fingerprint density at radius 1 is 1.03 bits per heavy atom. The molecule has 0 saturated carbocycles. The number of benzene rings is 2. The monoisotopic (exact) mass is 448 g/mol. The van der Waals surface area contributed by atoms with Gasteiger partial charge in [0.05, 0.1) is 11.4 Å². The van der Waals surface area contributed by atoms with Gasteiger partial charge in [-0.25, -0.2) is 4.52 Å². The first kappa shape index (κ1) is 19.6. The Morgan fingerprint density at radius 2 is 1.84 bits per heavy atom. The molecule has 0 saturated heterocycles. The van der Waals surface area contributed by atoms with Crippen molar-refractivity contribution in [3.8, 4) is 11.3 Å². The van der Waals surface area contributed by atoms with Gasteiger partial charge in [0.2, 0.25) is 5.91 Å². The first-order valence-corrected chi connectivity index (χ1v) is 11.0. The molecule has 1 amide bonds. The van der Waals surface area contributed by atoms with Crippen LogP contribution in [0.3, 0.4) is 0 Å². The van der Waals surface area contributed by atoms with Crippen molar-refractivity contribution in [3.63, 3.8) is 0 Å². The number of nitrogens with zero attached hydrogens (tertiary/aromatic N) is 5. The molecule has 0 atom stereocenters. The molecular formula is C22H17ClN6OS. The van der Waals surface area contributed by atoms with E-state index in [1.807, 2.05) is 71.4 Å². The first-order chi connectivity index (χ1) is 15.2. The van der Waals surface area contributed by atoms with Crippen molar-refractivity contribution in [3.05, 3.63) is 83.6 Å². The number of hydrogen-bond donors (Lipinski definition) is 1. The molecule has 0 unspecified atom stereocenters. The second-order valence-corrected chi connectivity index (χ2v) is 8.21. The zero-order valence-corrected chi connectivity index (χ0v) is 17.8. The fraction of sp³-hybridized carbons (Fsp3) is 0.0909. The minimum atomic E-state index is -0.0986. The van der Waals surface area contributed by atoms with Crippen molar-refractivity contribution >= 4 is 40.4 Å². The fourth-order valence-electron chi connectivity index (χ4n) is 3.26. The van der Waals surface area contributed by atoms with Gasteiger partial charge in [-0.3, -0.25) is 9.20 Å². The number of thioether (sulfide) groups is 1. The van der Waals surface area contributed by atoms with Crippen LogP contribution >= 0.6 is 23.4 Å². The van der Waals surface area contributed by atoms with Crippen molar-refractivity contribution in [2.45, 2.75) is 11.7 Å². The molecule has 7 nitrogen and oxygen atoms in total. The van der Waals surface area contributed by atoms with Crippen LogP contribution in [0.2, 0.25) is 5.02 Å². The van der Waals surface area contributed by atoms with E-state index < -0.39 is 0 Å². The minimum absolute atomic E-state index is 0.0986. The van der Waals surface area contributed by atoms with Crippen molar-refractivity contribution < 1.29 is 4.79 Å². The van der Waals surface area contributed by atoms with Crippen molar-refractivity contribution in [1.82, 2.24) is 29.5 Å². The molecule has 3 aromatic heterocycles. The largest absolute Gasteiger partial charge is 0.351 e. The summed E-state index contributed by atoms with van der Waals surface area (Å²) in [5, 5.41) is 17.4. The molecule has 0 aliphatic rings. The predicted octanol–water partition coefficient (Wildman–Crippen LogP) is 4.11. The Morgan fingerprint density at radius 3 is 2.68 bits per heavy atom. The molecule has 31 heavy (non-hydrogen) atoms. The van der Waals surface area contributed by atoms with Crippen LogP contribution in [0.1, 0.15) is 5.56 Å². The van der Waals surface area contributed by atoms with Crippen LogP contribution in [0.25, 0.3) is 22.4 Å². The Balaban J connectivity index is 1.31. The molecule has 0 radical (unpaired) electrons. The maximum Gasteiger partial charge on any atom is 0.230 e. The van der Waals surface area contributed by atoms with Gasteiger partial charge in [-0.15, -0.1) is 10.2 Å². The summed E-state index contributed by atoms with van der Waals surface area (Å²) in [6.07, 6.45) is 3.72. The molecule has 5 aromatic rings. The zero-order chi connectivity index (χ0) is 21.2. The molecule has 0 aliphatic carbocycles. The van der Waals surface area contributed by atoms with E-state index in [1.165, 1.54) is 11.8 Å². The van der Waals surface area contributed by atoms with Crippen molar-refractivity contribution in [2.75, 3.05) is 5.75 Å². The summed E-state index contributed by atoms with van der Waals surface area (Å²) >= 11 is 7.47. The Kier molecular flexibility index (Phi) is 5.31. The van der Waals surface area contributed by atoms with Crippen LogP contribution in [0.15, 0.2) is 78.2 Å². The standard InChI is InChI=1S/C22H17ClN6OS/c23-17-9-5-4-8-16(17)13-24-20(30)14-31-22-26-25-21-19-12-18(15-6-2-1-3-7-15)27-29(19)11-10-28(21)22/h1-12H,13-14H2,(H,24,30). The van der Waals surface area contributed by atoms with Crippen LogP contribution in [0.5, 0.6) is 0 Å². The lowest BCUT2D eigenvalue weighted by atomic mass is 10.1. The lowest BCUT2D eigenvalue weighted by Gasteiger charge is -2.06. The average Bonchev–Trinajstić information content (AvgIpc) is 3.41. The molecular weight excluding hydrogens is 432 g/mol. The third kappa shape index (κ3) is 3.99. The molecule has 9 heteroatoms. The summed E-state index contributed by atoms with van der Waals surface area (Å²) in [6, 6.07) is 19.4. The lowest BCUT2D eigenvalue weighted by molar-refractivity contribution is -0.118. The van der Waals surface area contributed by atoms with Crippen molar-refractivity contribution in [2.24, 2.45) is 0 Å². The number of halogens is 1. The van der Waals surface area contributed by atoms with E-state index in [0.717, 1.165) is 22.3 Å². The maximum atomic E-state index is 12.3. The number of nitrogens with one attached hydrogen (secondary N) is 1. The summed E-state index contributed by atoms with van der Waals surface area (Å²) in [5.74, 6) is 0.128. The summed E-state index contributed by atoms with van der Waals surface area (Å²) in [5.41, 5.74) is 4.33. The van der Waals surface area contributed by atoms with Gasteiger partial charge in [0.1, 0.15) is 5.52 Å². The third-order valence-electron chi connectivity index (χ3n) is 4.82. The number of hydrogen-bond acceptors (Lipinski definition) is 5. The lowest BCUT2D eigenvalue weighted by Crippen LogP contribution is -2.24. The Bertz CT molecular complexity index is 1380. The highest BCUT2D eigenvalue weighted by Crippen LogP contribution is 2.24. The topological polar surface area (TPSA) is 76.6 Å². The van der Waals surface area contributed by atoms with Gasteiger partial charge in [0.15, 0.2) is 10.8 Å². The van der Waals surface area contributed by atoms with Crippen LogP contribution < -0.4 is 5.32 Å². The Labute approximate surface area is 187 Å². The van der Waals surface area contributed by atoms with E-state index in [0.29, 0.717) is 22.4 Å². The van der Waals surface area contributed by atoms with E-state index in [1.54, 1.807) is 10.6 Å². The highest BCUT2D eigenvalue weighted by molar-refractivity contribution is 7.99. The molecule has 2 aromatic carbocycles. The second kappa shape index (κ2) is 8.41. The molecule has 0 spiro atoms. The number of rotatable bonds is 6. The highest BCUT2D eigenvalue weighted by Gasteiger charge is 2.14. The van der Waals surface area contributed by atoms with Crippen molar-refractivity contribution in [1.29, 1.82) is 0 Å². The highest BCUT2D eigenvalue weighted by atomic mass is 35.5. The van der Waals surface area contributed by atoms with E-state index in [9.17, 15) is 4.79 Å². The number of aromatic nitrogens is 5. The van der Waals surface area contributed by atoms with Crippen LogP contribution in [-0.4, -0.2) is 35.9 Å². The number of carbonyl (C=O) groups excluding carboxylic acids is 1. The molecule has 154 valence electrons. The zero-order valence-electron chi connectivity index (χ0n) is 16.3. The number of carbonyl (C=O) groups is 1. The summed E-state index contributed by atoms with van der Waals surface area (Å²) in [7, 11) is 0. The van der Waals surface area contributed by atoms with E-state index in [-0.39, 0.29) is 11.7 Å². The maximum absolute atomic E-state index is 12.3. The molecule has 0 fully saturated rings. The van der Waals surface area contributed by atoms with E-state index in [4.69, 9.17) is 11.6 Å². The van der Waals surface area contributed by atoms with Gasteiger partial charge < -0.3 is 5.32 Å². The second-order valence-electron chi connectivity index (χ2n) is 6.86. The van der Waals surface area contributed by atoms with Crippen LogP contribution in [-0.2, 0) is 11.3 Å². The van der Waals surface area contributed by atoms with Gasteiger partial charge in [-0.1, -0.05) is 71.9 Å². The molecule has 1 N–H and O–H groups in total.